The fourth-order valence-corrected chi connectivity index (χ4v) is 2.85. The number of halogens is 1. The van der Waals surface area contributed by atoms with Gasteiger partial charge in [0.1, 0.15) is 17.2 Å². The predicted molar refractivity (Wildman–Crippen MR) is 79.3 cm³/mol. The van der Waals surface area contributed by atoms with Crippen LogP contribution in [-0.2, 0) is 0 Å². The summed E-state index contributed by atoms with van der Waals surface area (Å²) in [5, 5.41) is 4.13. The highest BCUT2D eigenvalue weighted by atomic mass is 32.2. The van der Waals surface area contributed by atoms with Gasteiger partial charge in [-0.25, -0.2) is 14.4 Å². The largest absolute Gasteiger partial charge is 0.310 e. The molecule has 0 aliphatic heterocycles. The first-order valence-corrected chi connectivity index (χ1v) is 7.49. The molecule has 1 aromatic carbocycles. The third-order valence-corrected chi connectivity index (χ3v) is 4.01. The molecule has 1 unspecified atom stereocenters. The number of benzene rings is 1. The molecule has 2 rings (SSSR count). The van der Waals surface area contributed by atoms with Crippen molar-refractivity contribution in [3.63, 3.8) is 0 Å². The van der Waals surface area contributed by atoms with Gasteiger partial charge >= 0.3 is 0 Å². The maximum atomic E-state index is 14.1. The van der Waals surface area contributed by atoms with Gasteiger partial charge in [0.05, 0.1) is 4.90 Å². The first-order valence-electron chi connectivity index (χ1n) is 6.68. The highest BCUT2D eigenvalue weighted by Gasteiger charge is 2.15. The molecule has 5 heteroatoms. The maximum absolute atomic E-state index is 14.1. The smallest absolute Gasteiger partial charge is 0.137 e. The van der Waals surface area contributed by atoms with Crippen LogP contribution in [0.3, 0.4) is 0 Å². The van der Waals surface area contributed by atoms with E-state index in [2.05, 4.69) is 29.1 Å². The quantitative estimate of drug-likeness (QED) is 0.821. The van der Waals surface area contributed by atoms with Gasteiger partial charge in [-0.2, -0.15) is 0 Å². The Balaban J connectivity index is 2.26. The minimum atomic E-state index is -0.212. The lowest BCUT2D eigenvalue weighted by molar-refractivity contribution is 0.543. The van der Waals surface area contributed by atoms with E-state index in [1.165, 1.54) is 24.2 Å². The minimum absolute atomic E-state index is 0.106. The second-order valence-electron chi connectivity index (χ2n) is 4.48. The summed E-state index contributed by atoms with van der Waals surface area (Å²) in [5.74, 6) is -0.212. The first kappa shape index (κ1) is 14.9. The van der Waals surface area contributed by atoms with Crippen LogP contribution in [0.25, 0.3) is 0 Å². The van der Waals surface area contributed by atoms with Gasteiger partial charge < -0.3 is 5.32 Å². The average Bonchev–Trinajstić information content (AvgIpc) is 2.48. The van der Waals surface area contributed by atoms with Crippen LogP contribution in [0.4, 0.5) is 4.39 Å². The van der Waals surface area contributed by atoms with E-state index in [-0.39, 0.29) is 11.9 Å². The molecule has 3 nitrogen and oxygen atoms in total. The highest BCUT2D eigenvalue weighted by molar-refractivity contribution is 7.99. The molecule has 0 saturated heterocycles. The van der Waals surface area contributed by atoms with Gasteiger partial charge in [0, 0.05) is 12.2 Å². The molecule has 1 N–H and O–H groups in total. The van der Waals surface area contributed by atoms with E-state index in [0.717, 1.165) is 23.6 Å². The van der Waals surface area contributed by atoms with Gasteiger partial charge in [-0.3, -0.25) is 0 Å². The second kappa shape index (κ2) is 7.36. The van der Waals surface area contributed by atoms with E-state index < -0.39 is 0 Å². The first-order chi connectivity index (χ1) is 9.72. The summed E-state index contributed by atoms with van der Waals surface area (Å²) in [6.07, 6.45) is 4.18. The molecule has 0 amide bonds. The van der Waals surface area contributed by atoms with Gasteiger partial charge in [0.15, 0.2) is 0 Å². The average molecular weight is 291 g/mol. The van der Waals surface area contributed by atoms with E-state index in [1.807, 2.05) is 6.07 Å². The van der Waals surface area contributed by atoms with Crippen LogP contribution in [0.5, 0.6) is 0 Å². The fraction of sp³-hybridized carbons (Fsp3) is 0.333. The zero-order chi connectivity index (χ0) is 14.4. The molecule has 0 saturated carbocycles. The molecule has 1 aromatic heterocycles. The lowest BCUT2D eigenvalue weighted by Crippen LogP contribution is -2.20. The van der Waals surface area contributed by atoms with E-state index in [0.29, 0.717) is 4.90 Å². The molecule has 20 heavy (non-hydrogen) atoms. The molecule has 106 valence electrons. The number of nitrogens with zero attached hydrogens (tertiary/aromatic N) is 2. The predicted octanol–water partition coefficient (Wildman–Crippen LogP) is 3.83. The van der Waals surface area contributed by atoms with E-state index in [4.69, 9.17) is 0 Å². The number of rotatable bonds is 6. The lowest BCUT2D eigenvalue weighted by atomic mass is 10.1. The number of nitrogens with one attached hydrogen (secondary N) is 1. The number of aromatic nitrogens is 2. The molecule has 0 bridgehead atoms. The van der Waals surface area contributed by atoms with Crippen molar-refractivity contribution < 1.29 is 4.39 Å². The second-order valence-corrected chi connectivity index (χ2v) is 5.51. The molecular formula is C15H18FN3S. The van der Waals surface area contributed by atoms with Crippen LogP contribution in [0.1, 0.15) is 31.9 Å². The zero-order valence-electron chi connectivity index (χ0n) is 11.6. The van der Waals surface area contributed by atoms with Gasteiger partial charge in [-0.1, -0.05) is 30.8 Å². The van der Waals surface area contributed by atoms with E-state index in [9.17, 15) is 4.39 Å². The Morgan fingerprint density at radius 1 is 1.35 bits per heavy atom. The van der Waals surface area contributed by atoms with Crippen molar-refractivity contribution >= 4 is 11.8 Å². The Labute approximate surface area is 123 Å². The summed E-state index contributed by atoms with van der Waals surface area (Å²) >= 11 is 1.34. The Hall–Kier alpha value is -1.46. The van der Waals surface area contributed by atoms with Crippen molar-refractivity contribution in [1.82, 2.24) is 15.3 Å². The summed E-state index contributed by atoms with van der Waals surface area (Å²) in [7, 11) is 0. The molecule has 0 radical (unpaired) electrons. The summed E-state index contributed by atoms with van der Waals surface area (Å²) in [6, 6.07) is 7.08. The molecule has 0 fully saturated rings. The molecule has 0 aliphatic rings. The standard InChI is InChI=1S/C15H18FN3S/c1-3-8-18-11(2)12-5-4-6-13(16)15(12)20-14-7-9-17-10-19-14/h4-7,9-11,18H,3,8H2,1-2H3. The summed E-state index contributed by atoms with van der Waals surface area (Å²) in [4.78, 5) is 8.65. The zero-order valence-corrected chi connectivity index (χ0v) is 12.5. The van der Waals surface area contributed by atoms with Crippen molar-refractivity contribution in [2.24, 2.45) is 0 Å². The monoisotopic (exact) mass is 291 g/mol. The van der Waals surface area contributed by atoms with E-state index >= 15 is 0 Å². The summed E-state index contributed by atoms with van der Waals surface area (Å²) in [5.41, 5.74) is 0.960. The number of hydrogen-bond acceptors (Lipinski definition) is 4. The SMILES string of the molecule is CCCNC(C)c1cccc(F)c1Sc1ccncn1. The molecule has 1 atom stereocenters. The van der Waals surface area contributed by atoms with Crippen LogP contribution in [0, 0.1) is 5.82 Å². The van der Waals surface area contributed by atoms with Crippen LogP contribution >= 0.6 is 11.8 Å². The molecule has 0 aliphatic carbocycles. The Morgan fingerprint density at radius 2 is 2.20 bits per heavy atom. The normalized spacial score (nSPS) is 12.3. The molecule has 0 spiro atoms. The minimum Gasteiger partial charge on any atom is -0.310 e. The summed E-state index contributed by atoms with van der Waals surface area (Å²) in [6.45, 7) is 5.08. The maximum Gasteiger partial charge on any atom is 0.137 e. The third kappa shape index (κ3) is 3.77. The van der Waals surface area contributed by atoms with Gasteiger partial charge in [-0.15, -0.1) is 0 Å². The highest BCUT2D eigenvalue weighted by Crippen LogP contribution is 2.34. The lowest BCUT2D eigenvalue weighted by Gasteiger charge is -2.17. The molecular weight excluding hydrogens is 273 g/mol. The molecule has 1 heterocycles. The third-order valence-electron chi connectivity index (χ3n) is 2.93. The van der Waals surface area contributed by atoms with Crippen molar-refractivity contribution in [3.05, 3.63) is 48.2 Å². The van der Waals surface area contributed by atoms with Gasteiger partial charge in [-0.05, 0) is 37.6 Å². The van der Waals surface area contributed by atoms with Crippen LogP contribution in [0.15, 0.2) is 46.7 Å². The Morgan fingerprint density at radius 3 is 2.90 bits per heavy atom. The van der Waals surface area contributed by atoms with Crippen LogP contribution in [0.2, 0.25) is 0 Å². The van der Waals surface area contributed by atoms with Crippen molar-refractivity contribution in [2.45, 2.75) is 36.2 Å². The van der Waals surface area contributed by atoms with Gasteiger partial charge in [0.2, 0.25) is 0 Å². The van der Waals surface area contributed by atoms with Crippen LogP contribution in [-0.4, -0.2) is 16.5 Å². The van der Waals surface area contributed by atoms with Crippen LogP contribution < -0.4 is 5.32 Å². The fourth-order valence-electron chi connectivity index (χ4n) is 1.89. The van der Waals surface area contributed by atoms with E-state index in [1.54, 1.807) is 18.3 Å². The number of hydrogen-bond donors (Lipinski definition) is 1. The van der Waals surface area contributed by atoms with Gasteiger partial charge in [0.25, 0.3) is 0 Å². The Kier molecular flexibility index (Phi) is 5.49. The topological polar surface area (TPSA) is 37.8 Å². The van der Waals surface area contributed by atoms with Crippen molar-refractivity contribution in [1.29, 1.82) is 0 Å². The van der Waals surface area contributed by atoms with Crippen molar-refractivity contribution in [2.75, 3.05) is 6.54 Å². The Bertz CT molecular complexity index is 548. The summed E-state index contributed by atoms with van der Waals surface area (Å²) < 4.78 is 14.1. The molecule has 2 aromatic rings. The van der Waals surface area contributed by atoms with Crippen molar-refractivity contribution in [3.8, 4) is 0 Å².